The van der Waals surface area contributed by atoms with Gasteiger partial charge in [0.25, 0.3) is 0 Å². The number of hydrogen-bond donors (Lipinski definition) is 1. The number of benzene rings is 2. The average molecular weight is 423 g/mol. The van der Waals surface area contributed by atoms with Gasteiger partial charge < -0.3 is 10.1 Å². The van der Waals surface area contributed by atoms with Crippen LogP contribution in [0.5, 0.6) is 5.75 Å². The summed E-state index contributed by atoms with van der Waals surface area (Å²) in [4.78, 5) is 12.3. The Balaban J connectivity index is 2.18. The van der Waals surface area contributed by atoms with Crippen molar-refractivity contribution in [2.75, 3.05) is 21.2 Å². The second-order valence-corrected chi connectivity index (χ2v) is 8.87. The number of ether oxygens (including phenoxy) is 1. The Morgan fingerprint density at radius 1 is 1.21 bits per heavy atom. The van der Waals surface area contributed by atoms with Crippen LogP contribution in [0.1, 0.15) is 24.1 Å². The first kappa shape index (κ1) is 21.9. The van der Waals surface area contributed by atoms with Crippen LogP contribution in [-0.4, -0.2) is 39.8 Å². The third kappa shape index (κ3) is 5.34. The van der Waals surface area contributed by atoms with Gasteiger partial charge in [-0.05, 0) is 48.4 Å². The molecule has 6 nitrogen and oxygen atoms in total. The molecule has 2 aromatic rings. The van der Waals surface area contributed by atoms with Gasteiger partial charge in [-0.25, -0.2) is 12.7 Å². The summed E-state index contributed by atoms with van der Waals surface area (Å²) >= 11 is 5.98. The van der Waals surface area contributed by atoms with E-state index >= 15 is 0 Å². The van der Waals surface area contributed by atoms with Crippen LogP contribution in [0, 0.1) is 0 Å². The molecule has 0 aliphatic rings. The highest BCUT2D eigenvalue weighted by molar-refractivity contribution is 7.89. The zero-order valence-electron chi connectivity index (χ0n) is 16.1. The summed E-state index contributed by atoms with van der Waals surface area (Å²) in [5.41, 5.74) is 1.45. The molecule has 1 N–H and O–H groups in total. The molecule has 0 aliphatic heterocycles. The number of nitrogens with zero attached hydrogens (tertiary/aromatic N) is 1. The van der Waals surface area contributed by atoms with Crippen LogP contribution < -0.4 is 10.1 Å². The standard InChI is InChI=1S/C20H23ClN2O4S/c1-14(16-6-5-7-17(21)13-16)22-20(24)11-9-15-8-10-18(27-4)19(12-15)28(25,26)23(2)3/h5-14H,1-4H3,(H,22,24)/b11-9+/t14-/m0/s1. The van der Waals surface area contributed by atoms with Crippen LogP contribution >= 0.6 is 11.6 Å². The fraction of sp³-hybridized carbons (Fsp3) is 0.250. The van der Waals surface area contributed by atoms with Crippen molar-refractivity contribution in [2.24, 2.45) is 0 Å². The molecule has 0 radical (unpaired) electrons. The lowest BCUT2D eigenvalue weighted by atomic mass is 10.1. The Morgan fingerprint density at radius 3 is 2.54 bits per heavy atom. The Labute approximate surface area is 170 Å². The molecule has 1 atom stereocenters. The van der Waals surface area contributed by atoms with Gasteiger partial charge in [-0.3, -0.25) is 4.79 Å². The first-order valence-corrected chi connectivity index (χ1v) is 10.3. The molecule has 2 rings (SSSR count). The zero-order valence-corrected chi connectivity index (χ0v) is 17.7. The Kier molecular flexibility index (Phi) is 7.23. The molecule has 0 saturated heterocycles. The fourth-order valence-electron chi connectivity index (χ4n) is 2.49. The van der Waals surface area contributed by atoms with Crippen LogP contribution in [0.2, 0.25) is 5.02 Å². The maximum Gasteiger partial charge on any atom is 0.246 e. The SMILES string of the molecule is COc1ccc(/C=C/C(=O)N[C@@H](C)c2cccc(Cl)c2)cc1S(=O)(=O)N(C)C. The topological polar surface area (TPSA) is 75.7 Å². The van der Waals surface area contributed by atoms with E-state index < -0.39 is 10.0 Å². The van der Waals surface area contributed by atoms with Crippen molar-refractivity contribution in [3.05, 3.63) is 64.7 Å². The van der Waals surface area contributed by atoms with E-state index in [1.807, 2.05) is 19.1 Å². The maximum absolute atomic E-state index is 12.5. The third-order valence-corrected chi connectivity index (χ3v) is 6.15. The van der Waals surface area contributed by atoms with Gasteiger partial charge in [0.1, 0.15) is 10.6 Å². The highest BCUT2D eigenvalue weighted by atomic mass is 35.5. The molecule has 150 valence electrons. The van der Waals surface area contributed by atoms with Crippen molar-refractivity contribution in [1.29, 1.82) is 0 Å². The van der Waals surface area contributed by atoms with Crippen LogP contribution in [0.25, 0.3) is 6.08 Å². The van der Waals surface area contributed by atoms with Crippen molar-refractivity contribution in [3.63, 3.8) is 0 Å². The van der Waals surface area contributed by atoms with Gasteiger partial charge in [-0.1, -0.05) is 29.8 Å². The van der Waals surface area contributed by atoms with E-state index in [1.165, 1.54) is 33.3 Å². The number of rotatable bonds is 7. The van der Waals surface area contributed by atoms with E-state index in [9.17, 15) is 13.2 Å². The lowest BCUT2D eigenvalue weighted by Crippen LogP contribution is -2.24. The number of carbonyl (C=O) groups excluding carboxylic acids is 1. The minimum absolute atomic E-state index is 0.0369. The van der Waals surface area contributed by atoms with Gasteiger partial charge in [0.15, 0.2) is 0 Å². The number of halogens is 1. The fourth-order valence-corrected chi connectivity index (χ4v) is 3.77. The number of carbonyl (C=O) groups is 1. The normalized spacial score (nSPS) is 12.9. The van der Waals surface area contributed by atoms with E-state index in [2.05, 4.69) is 5.32 Å². The van der Waals surface area contributed by atoms with Crippen LogP contribution in [0.4, 0.5) is 0 Å². The summed E-state index contributed by atoms with van der Waals surface area (Å²) in [6.45, 7) is 1.85. The largest absolute Gasteiger partial charge is 0.495 e. The molecular formula is C20H23ClN2O4S. The number of sulfonamides is 1. The molecule has 28 heavy (non-hydrogen) atoms. The van der Waals surface area contributed by atoms with Gasteiger partial charge in [0.05, 0.1) is 13.2 Å². The predicted octanol–water partition coefficient (Wildman–Crippen LogP) is 3.49. The van der Waals surface area contributed by atoms with Crippen molar-refractivity contribution < 1.29 is 17.9 Å². The molecule has 0 spiro atoms. The lowest BCUT2D eigenvalue weighted by molar-refractivity contribution is -0.117. The molecule has 2 aromatic carbocycles. The van der Waals surface area contributed by atoms with Crippen LogP contribution in [-0.2, 0) is 14.8 Å². The molecule has 0 bridgehead atoms. The average Bonchev–Trinajstić information content (AvgIpc) is 2.66. The number of methoxy groups -OCH3 is 1. The molecule has 0 heterocycles. The minimum atomic E-state index is -3.68. The van der Waals surface area contributed by atoms with Gasteiger partial charge >= 0.3 is 0 Å². The van der Waals surface area contributed by atoms with Crippen molar-refractivity contribution in [3.8, 4) is 5.75 Å². The third-order valence-electron chi connectivity index (χ3n) is 4.08. The molecule has 8 heteroatoms. The van der Waals surface area contributed by atoms with Gasteiger partial charge in [-0.15, -0.1) is 0 Å². The minimum Gasteiger partial charge on any atom is -0.495 e. The smallest absolute Gasteiger partial charge is 0.246 e. The number of hydrogen-bond acceptors (Lipinski definition) is 4. The van der Waals surface area contributed by atoms with E-state index in [0.29, 0.717) is 10.6 Å². The Morgan fingerprint density at radius 2 is 1.93 bits per heavy atom. The van der Waals surface area contributed by atoms with E-state index in [1.54, 1.807) is 30.3 Å². The number of nitrogens with one attached hydrogen (secondary N) is 1. The molecule has 0 aromatic heterocycles. The van der Waals surface area contributed by atoms with Crippen molar-refractivity contribution in [1.82, 2.24) is 9.62 Å². The van der Waals surface area contributed by atoms with Crippen molar-refractivity contribution in [2.45, 2.75) is 17.9 Å². The van der Waals surface area contributed by atoms with Gasteiger partial charge in [-0.2, -0.15) is 0 Å². The van der Waals surface area contributed by atoms with Crippen LogP contribution in [0.15, 0.2) is 53.4 Å². The summed E-state index contributed by atoms with van der Waals surface area (Å²) in [7, 11) is 0.621. The maximum atomic E-state index is 12.5. The molecular weight excluding hydrogens is 400 g/mol. The molecule has 0 unspecified atom stereocenters. The zero-order chi connectivity index (χ0) is 20.9. The second kappa shape index (κ2) is 9.23. The first-order valence-electron chi connectivity index (χ1n) is 8.49. The summed E-state index contributed by atoms with van der Waals surface area (Å²) in [5, 5.41) is 3.44. The highest BCUT2D eigenvalue weighted by Crippen LogP contribution is 2.27. The highest BCUT2D eigenvalue weighted by Gasteiger charge is 2.22. The second-order valence-electron chi connectivity index (χ2n) is 6.32. The summed E-state index contributed by atoms with van der Waals surface area (Å²) in [6, 6.07) is 11.7. The van der Waals surface area contributed by atoms with Crippen molar-refractivity contribution >= 4 is 33.6 Å². The van der Waals surface area contributed by atoms with Gasteiger partial charge in [0.2, 0.25) is 15.9 Å². The number of amides is 1. The summed E-state index contributed by atoms with van der Waals surface area (Å²) in [6.07, 6.45) is 2.91. The lowest BCUT2D eigenvalue weighted by Gasteiger charge is -2.15. The van der Waals surface area contributed by atoms with Crippen LogP contribution in [0.3, 0.4) is 0 Å². The van der Waals surface area contributed by atoms with E-state index in [-0.39, 0.29) is 22.6 Å². The molecule has 0 saturated carbocycles. The van der Waals surface area contributed by atoms with E-state index in [4.69, 9.17) is 16.3 Å². The quantitative estimate of drug-likeness (QED) is 0.693. The first-order chi connectivity index (χ1) is 13.1. The summed E-state index contributed by atoms with van der Waals surface area (Å²) < 4.78 is 31.2. The van der Waals surface area contributed by atoms with E-state index in [0.717, 1.165) is 9.87 Å². The molecule has 1 amide bonds. The Bertz CT molecular complexity index is 987. The Hall–Kier alpha value is -2.35. The monoisotopic (exact) mass is 422 g/mol. The van der Waals surface area contributed by atoms with Gasteiger partial charge in [0, 0.05) is 25.2 Å². The predicted molar refractivity (Wildman–Crippen MR) is 111 cm³/mol. The molecule has 0 aliphatic carbocycles. The molecule has 0 fully saturated rings. The summed E-state index contributed by atoms with van der Waals surface area (Å²) in [5.74, 6) is -0.0646.